The highest BCUT2D eigenvalue weighted by Crippen LogP contribution is 2.19. The van der Waals surface area contributed by atoms with Crippen molar-refractivity contribution in [1.29, 1.82) is 10.5 Å². The molecule has 0 spiro atoms. The molecule has 1 aromatic rings. The molecule has 0 heterocycles. The molecule has 1 rings (SSSR count). The predicted octanol–water partition coefficient (Wildman–Crippen LogP) is 0.562. The number of aromatic carboxylic acids is 1. The fourth-order valence-electron chi connectivity index (χ4n) is 1.36. The Kier molecular flexibility index (Phi) is 4.75. The molecule has 104 valence electrons. The van der Waals surface area contributed by atoms with Gasteiger partial charge in [-0.25, -0.2) is 17.6 Å². The third-order valence-electron chi connectivity index (χ3n) is 2.30. The molecule has 1 aromatic carbocycles. The monoisotopic (exact) mass is 297 g/mol. The van der Waals surface area contributed by atoms with Crippen LogP contribution in [0.25, 0.3) is 0 Å². The van der Waals surface area contributed by atoms with E-state index in [0.717, 1.165) is 6.07 Å². The molecule has 0 aliphatic carbocycles. The van der Waals surface area contributed by atoms with Gasteiger partial charge in [0.2, 0.25) is 10.0 Å². The Balaban J connectivity index is 3.35. The number of nitrogens with zero attached hydrogens (tertiary/aromatic N) is 3. The lowest BCUT2D eigenvalue weighted by molar-refractivity contribution is 0.0691. The van der Waals surface area contributed by atoms with E-state index in [1.165, 1.54) is 0 Å². The van der Waals surface area contributed by atoms with Gasteiger partial charge in [-0.3, -0.25) is 0 Å². The highest BCUT2D eigenvalue weighted by molar-refractivity contribution is 7.89. The van der Waals surface area contributed by atoms with E-state index in [0.29, 0.717) is 16.4 Å². The van der Waals surface area contributed by atoms with Crippen LogP contribution in [0.2, 0.25) is 0 Å². The molecular formula is C11H8FN3O4S. The topological polar surface area (TPSA) is 122 Å². The average molecular weight is 297 g/mol. The SMILES string of the molecule is N#CCN(CC#N)S(=O)(=O)c1ccc(F)c(C(=O)O)c1. The van der Waals surface area contributed by atoms with E-state index in [9.17, 15) is 17.6 Å². The molecule has 0 saturated carbocycles. The maximum Gasteiger partial charge on any atom is 0.338 e. The van der Waals surface area contributed by atoms with Crippen LogP contribution in [0.1, 0.15) is 10.4 Å². The number of rotatable bonds is 5. The summed E-state index contributed by atoms with van der Waals surface area (Å²) in [5, 5.41) is 25.8. The first-order valence-electron chi connectivity index (χ1n) is 5.11. The van der Waals surface area contributed by atoms with E-state index in [4.69, 9.17) is 15.6 Å². The van der Waals surface area contributed by atoms with Crippen molar-refractivity contribution in [3.8, 4) is 12.1 Å². The van der Waals surface area contributed by atoms with Gasteiger partial charge in [-0.1, -0.05) is 0 Å². The second kappa shape index (κ2) is 6.10. The fourth-order valence-corrected chi connectivity index (χ4v) is 2.62. The maximum atomic E-state index is 13.2. The van der Waals surface area contributed by atoms with Crippen LogP contribution in [-0.4, -0.2) is 36.9 Å². The number of benzene rings is 1. The van der Waals surface area contributed by atoms with Crippen LogP contribution in [0.3, 0.4) is 0 Å². The summed E-state index contributed by atoms with van der Waals surface area (Å²) in [5.41, 5.74) is -0.806. The Morgan fingerprint density at radius 3 is 2.30 bits per heavy atom. The van der Waals surface area contributed by atoms with Crippen molar-refractivity contribution in [2.45, 2.75) is 4.90 Å². The lowest BCUT2D eigenvalue weighted by Gasteiger charge is -2.16. The Hall–Kier alpha value is -2.49. The summed E-state index contributed by atoms with van der Waals surface area (Å²) in [5.74, 6) is -2.70. The average Bonchev–Trinajstić information content (AvgIpc) is 2.38. The molecule has 0 saturated heterocycles. The maximum absolute atomic E-state index is 13.2. The van der Waals surface area contributed by atoms with Gasteiger partial charge in [0.15, 0.2) is 0 Å². The lowest BCUT2D eigenvalue weighted by atomic mass is 10.2. The quantitative estimate of drug-likeness (QED) is 0.792. The fraction of sp³-hybridized carbons (Fsp3) is 0.182. The Morgan fingerprint density at radius 2 is 1.85 bits per heavy atom. The van der Waals surface area contributed by atoms with Crippen molar-refractivity contribution in [2.75, 3.05) is 13.1 Å². The van der Waals surface area contributed by atoms with Crippen LogP contribution in [0.15, 0.2) is 23.1 Å². The molecule has 7 nitrogen and oxygen atoms in total. The van der Waals surface area contributed by atoms with Crippen molar-refractivity contribution >= 4 is 16.0 Å². The second-order valence-electron chi connectivity index (χ2n) is 3.54. The minimum Gasteiger partial charge on any atom is -0.478 e. The van der Waals surface area contributed by atoms with Crippen LogP contribution in [-0.2, 0) is 10.0 Å². The molecular weight excluding hydrogens is 289 g/mol. The normalized spacial score (nSPS) is 10.8. The molecule has 0 bridgehead atoms. The summed E-state index contributed by atoms with van der Waals surface area (Å²) in [4.78, 5) is 10.3. The standard InChI is InChI=1S/C11H8FN3O4S/c12-10-2-1-8(7-9(10)11(16)17)20(18,19)15(5-3-13)6-4-14/h1-2,7H,5-6H2,(H,16,17). The zero-order valence-corrected chi connectivity index (χ0v) is 10.8. The smallest absolute Gasteiger partial charge is 0.338 e. The summed E-state index contributed by atoms with van der Waals surface area (Å²) in [6, 6.07) is 5.39. The van der Waals surface area contributed by atoms with E-state index in [-0.39, 0.29) is 0 Å². The zero-order valence-electron chi connectivity index (χ0n) is 9.95. The van der Waals surface area contributed by atoms with Gasteiger partial charge >= 0.3 is 5.97 Å². The molecule has 0 fully saturated rings. The van der Waals surface area contributed by atoms with Gasteiger partial charge < -0.3 is 5.11 Å². The highest BCUT2D eigenvalue weighted by atomic mass is 32.2. The second-order valence-corrected chi connectivity index (χ2v) is 5.47. The van der Waals surface area contributed by atoms with Crippen molar-refractivity contribution in [1.82, 2.24) is 4.31 Å². The van der Waals surface area contributed by atoms with Crippen molar-refractivity contribution in [2.24, 2.45) is 0 Å². The summed E-state index contributed by atoms with van der Waals surface area (Å²) in [6.07, 6.45) is 0. The van der Waals surface area contributed by atoms with E-state index in [1.807, 2.05) is 0 Å². The largest absolute Gasteiger partial charge is 0.478 e. The summed E-state index contributed by atoms with van der Waals surface area (Å²) >= 11 is 0. The van der Waals surface area contributed by atoms with Crippen LogP contribution < -0.4 is 0 Å². The van der Waals surface area contributed by atoms with Crippen LogP contribution >= 0.6 is 0 Å². The van der Waals surface area contributed by atoms with Crippen LogP contribution in [0.4, 0.5) is 4.39 Å². The van der Waals surface area contributed by atoms with Crippen molar-refractivity contribution in [3.63, 3.8) is 0 Å². The van der Waals surface area contributed by atoms with E-state index in [1.54, 1.807) is 12.1 Å². The molecule has 0 radical (unpaired) electrons. The highest BCUT2D eigenvalue weighted by Gasteiger charge is 2.26. The Bertz CT molecular complexity index is 702. The molecule has 0 aliphatic heterocycles. The molecule has 9 heteroatoms. The van der Waals surface area contributed by atoms with Crippen LogP contribution in [0, 0.1) is 28.5 Å². The van der Waals surface area contributed by atoms with Gasteiger partial charge in [0.1, 0.15) is 18.9 Å². The summed E-state index contributed by atoms with van der Waals surface area (Å²) in [6.45, 7) is -1.15. The van der Waals surface area contributed by atoms with Gasteiger partial charge in [0.25, 0.3) is 0 Å². The summed E-state index contributed by atoms with van der Waals surface area (Å²) < 4.78 is 38.0. The minimum absolute atomic E-state index is 0.498. The first-order valence-corrected chi connectivity index (χ1v) is 6.55. The molecule has 20 heavy (non-hydrogen) atoms. The lowest BCUT2D eigenvalue weighted by Crippen LogP contribution is -2.32. The molecule has 0 amide bonds. The third kappa shape index (κ3) is 3.09. The van der Waals surface area contributed by atoms with E-state index in [2.05, 4.69) is 0 Å². The minimum atomic E-state index is -4.24. The third-order valence-corrected chi connectivity index (χ3v) is 4.09. The van der Waals surface area contributed by atoms with Gasteiger partial charge in [0, 0.05) is 0 Å². The molecule has 0 aliphatic rings. The van der Waals surface area contributed by atoms with Crippen molar-refractivity contribution in [3.05, 3.63) is 29.6 Å². The number of hydrogen-bond donors (Lipinski definition) is 1. The number of hydrogen-bond acceptors (Lipinski definition) is 5. The first kappa shape index (κ1) is 15.6. The molecule has 0 atom stereocenters. The Labute approximate surface area is 114 Å². The van der Waals surface area contributed by atoms with Gasteiger partial charge in [-0.15, -0.1) is 0 Å². The number of sulfonamides is 1. The summed E-state index contributed by atoms with van der Waals surface area (Å²) in [7, 11) is -4.24. The van der Waals surface area contributed by atoms with Gasteiger partial charge in [-0.2, -0.15) is 14.8 Å². The Morgan fingerprint density at radius 1 is 1.30 bits per heavy atom. The van der Waals surface area contributed by atoms with Crippen LogP contribution in [0.5, 0.6) is 0 Å². The zero-order chi connectivity index (χ0) is 15.3. The number of carbonyl (C=O) groups is 1. The number of nitriles is 2. The number of carboxylic acid groups (broad SMARTS) is 1. The van der Waals surface area contributed by atoms with E-state index < -0.39 is 45.4 Å². The first-order chi connectivity index (χ1) is 9.34. The van der Waals surface area contributed by atoms with Crippen molar-refractivity contribution < 1.29 is 22.7 Å². The van der Waals surface area contributed by atoms with Gasteiger partial charge in [-0.05, 0) is 18.2 Å². The van der Waals surface area contributed by atoms with Gasteiger partial charge in [0.05, 0.1) is 22.6 Å². The molecule has 0 unspecified atom stereocenters. The predicted molar refractivity (Wildman–Crippen MR) is 63.3 cm³/mol. The molecule has 0 aromatic heterocycles. The number of carboxylic acids is 1. The number of halogens is 1. The molecule has 1 N–H and O–H groups in total. The van der Waals surface area contributed by atoms with E-state index >= 15 is 0 Å².